The monoisotopic (exact) mass is 319 g/mol. The van der Waals surface area contributed by atoms with E-state index in [2.05, 4.69) is 4.90 Å². The lowest BCUT2D eigenvalue weighted by Crippen LogP contribution is -2.56. The lowest BCUT2D eigenvalue weighted by Gasteiger charge is -2.37. The second-order valence-electron chi connectivity index (χ2n) is 6.04. The summed E-state index contributed by atoms with van der Waals surface area (Å²) >= 11 is 0. The first-order valence-electron chi connectivity index (χ1n) is 7.67. The van der Waals surface area contributed by atoms with Gasteiger partial charge in [-0.3, -0.25) is 14.5 Å². The number of aliphatic carboxylic acids is 1. The van der Waals surface area contributed by atoms with Crippen LogP contribution in [0.1, 0.15) is 10.4 Å². The maximum absolute atomic E-state index is 12.7. The third kappa shape index (κ3) is 2.96. The Balaban J connectivity index is 1.79. The fraction of sp³-hybridized carbons (Fsp3) is 0.500. The van der Waals surface area contributed by atoms with Crippen molar-refractivity contribution in [3.8, 4) is 5.75 Å². The number of rotatable bonds is 2. The number of anilines is 1. The molecule has 1 N–H and O–H groups in total. The van der Waals surface area contributed by atoms with Crippen molar-refractivity contribution in [2.45, 2.75) is 6.04 Å². The molecule has 0 aromatic heterocycles. The van der Waals surface area contributed by atoms with Gasteiger partial charge in [-0.15, -0.1) is 0 Å². The quantitative estimate of drug-likeness (QED) is 0.848. The van der Waals surface area contributed by atoms with E-state index in [1.165, 1.54) is 0 Å². The van der Waals surface area contributed by atoms with Gasteiger partial charge in [0.2, 0.25) is 0 Å². The van der Waals surface area contributed by atoms with E-state index in [0.29, 0.717) is 31.0 Å². The number of hydrogen-bond acceptors (Lipinski definition) is 5. The van der Waals surface area contributed by atoms with Gasteiger partial charge in [-0.25, -0.2) is 0 Å². The van der Waals surface area contributed by atoms with Crippen LogP contribution in [0.5, 0.6) is 5.75 Å². The first-order chi connectivity index (χ1) is 11.0. The molecule has 0 bridgehead atoms. The summed E-state index contributed by atoms with van der Waals surface area (Å²) in [6.45, 7) is 2.68. The van der Waals surface area contributed by atoms with Crippen molar-refractivity contribution in [1.29, 1.82) is 0 Å². The molecule has 0 aliphatic carbocycles. The summed E-state index contributed by atoms with van der Waals surface area (Å²) in [4.78, 5) is 29.4. The van der Waals surface area contributed by atoms with E-state index in [1.54, 1.807) is 29.0 Å². The van der Waals surface area contributed by atoms with E-state index in [9.17, 15) is 14.7 Å². The number of carboxylic acid groups (broad SMARTS) is 1. The van der Waals surface area contributed by atoms with E-state index in [-0.39, 0.29) is 12.5 Å². The smallest absolute Gasteiger partial charge is 0.322 e. The number of carbonyl (C=O) groups is 2. The zero-order valence-corrected chi connectivity index (χ0v) is 13.4. The van der Waals surface area contributed by atoms with Gasteiger partial charge in [0.1, 0.15) is 18.4 Å². The minimum Gasteiger partial charge on any atom is -0.490 e. The summed E-state index contributed by atoms with van der Waals surface area (Å²) in [6.07, 6.45) is 0. The number of benzene rings is 1. The molecule has 2 aliphatic heterocycles. The Labute approximate surface area is 135 Å². The average molecular weight is 319 g/mol. The third-order valence-corrected chi connectivity index (χ3v) is 4.52. The molecule has 0 spiro atoms. The Bertz CT molecular complexity index is 634. The molecule has 7 heteroatoms. The molecule has 3 rings (SSSR count). The van der Waals surface area contributed by atoms with Crippen LogP contribution in [0.2, 0.25) is 0 Å². The molecule has 2 heterocycles. The van der Waals surface area contributed by atoms with Gasteiger partial charge in [0.15, 0.2) is 0 Å². The number of carboxylic acids is 1. The second-order valence-corrected chi connectivity index (χ2v) is 6.04. The predicted molar refractivity (Wildman–Crippen MR) is 85.2 cm³/mol. The Morgan fingerprint density at radius 1 is 1.22 bits per heavy atom. The normalized spacial score (nSPS) is 21.6. The standard InChI is InChI=1S/C16H21N3O4/c1-17-5-6-19(10-13(17)16(21)22)15(20)11-3-4-12-14(9-11)23-8-7-18(12)2/h3-4,9,13H,5-8,10H2,1-2H3,(H,21,22)/t13-/m1/s1. The Morgan fingerprint density at radius 3 is 2.74 bits per heavy atom. The topological polar surface area (TPSA) is 73.3 Å². The van der Waals surface area contributed by atoms with Crippen molar-refractivity contribution in [2.24, 2.45) is 0 Å². The second kappa shape index (κ2) is 6.08. The molecule has 1 amide bonds. The van der Waals surface area contributed by atoms with Crippen LogP contribution in [-0.4, -0.2) is 79.7 Å². The highest BCUT2D eigenvalue weighted by Crippen LogP contribution is 2.31. The van der Waals surface area contributed by atoms with Crippen molar-refractivity contribution in [1.82, 2.24) is 9.80 Å². The number of piperazine rings is 1. The van der Waals surface area contributed by atoms with Crippen LogP contribution in [0.3, 0.4) is 0 Å². The molecule has 23 heavy (non-hydrogen) atoms. The van der Waals surface area contributed by atoms with Gasteiger partial charge in [-0.2, -0.15) is 0 Å². The Hall–Kier alpha value is -2.28. The SMILES string of the molecule is CN1CCOc2cc(C(=O)N3CCN(C)[C@@H](C(=O)O)C3)ccc21. The molecule has 1 fully saturated rings. The van der Waals surface area contributed by atoms with Crippen molar-refractivity contribution in [3.63, 3.8) is 0 Å². The summed E-state index contributed by atoms with van der Waals surface area (Å²) in [5.74, 6) is -0.349. The van der Waals surface area contributed by atoms with E-state index in [1.807, 2.05) is 13.1 Å². The van der Waals surface area contributed by atoms with E-state index in [4.69, 9.17) is 4.74 Å². The number of nitrogens with zero attached hydrogens (tertiary/aromatic N) is 3. The number of ether oxygens (including phenoxy) is 1. The number of fused-ring (bicyclic) bond motifs is 1. The highest BCUT2D eigenvalue weighted by atomic mass is 16.5. The van der Waals surface area contributed by atoms with Crippen LogP contribution >= 0.6 is 0 Å². The summed E-state index contributed by atoms with van der Waals surface area (Å²) in [5, 5.41) is 9.26. The maximum Gasteiger partial charge on any atom is 0.322 e. The van der Waals surface area contributed by atoms with E-state index >= 15 is 0 Å². The van der Waals surface area contributed by atoms with Gasteiger partial charge >= 0.3 is 5.97 Å². The van der Waals surface area contributed by atoms with Gasteiger partial charge in [-0.1, -0.05) is 0 Å². The van der Waals surface area contributed by atoms with Crippen LogP contribution in [0.15, 0.2) is 18.2 Å². The summed E-state index contributed by atoms with van der Waals surface area (Å²) in [7, 11) is 3.75. The molecular formula is C16H21N3O4. The zero-order chi connectivity index (χ0) is 16.6. The van der Waals surface area contributed by atoms with Gasteiger partial charge < -0.3 is 19.6 Å². The van der Waals surface area contributed by atoms with E-state index < -0.39 is 12.0 Å². The number of hydrogen-bond donors (Lipinski definition) is 1. The third-order valence-electron chi connectivity index (χ3n) is 4.52. The maximum atomic E-state index is 12.7. The molecule has 0 saturated carbocycles. The summed E-state index contributed by atoms with van der Waals surface area (Å²) in [5.41, 5.74) is 1.50. The highest BCUT2D eigenvalue weighted by Gasteiger charge is 2.32. The minimum atomic E-state index is -0.902. The first kappa shape index (κ1) is 15.6. The summed E-state index contributed by atoms with van der Waals surface area (Å²) in [6, 6.07) is 4.75. The van der Waals surface area contributed by atoms with Gasteiger partial charge in [0, 0.05) is 32.2 Å². The largest absolute Gasteiger partial charge is 0.490 e. The Kier molecular flexibility index (Phi) is 4.12. The highest BCUT2D eigenvalue weighted by molar-refractivity contribution is 5.96. The van der Waals surface area contributed by atoms with Crippen LogP contribution in [0.4, 0.5) is 5.69 Å². The Morgan fingerprint density at radius 2 is 2.00 bits per heavy atom. The molecule has 124 valence electrons. The van der Waals surface area contributed by atoms with Gasteiger partial charge in [0.25, 0.3) is 5.91 Å². The molecule has 2 aliphatic rings. The van der Waals surface area contributed by atoms with Crippen LogP contribution in [0, 0.1) is 0 Å². The molecule has 1 aromatic carbocycles. The first-order valence-corrected chi connectivity index (χ1v) is 7.67. The van der Waals surface area contributed by atoms with Crippen LogP contribution < -0.4 is 9.64 Å². The molecular weight excluding hydrogens is 298 g/mol. The zero-order valence-electron chi connectivity index (χ0n) is 13.4. The van der Waals surface area contributed by atoms with Crippen molar-refractivity contribution in [3.05, 3.63) is 23.8 Å². The van der Waals surface area contributed by atoms with Crippen molar-refractivity contribution < 1.29 is 19.4 Å². The van der Waals surface area contributed by atoms with E-state index in [0.717, 1.165) is 12.2 Å². The van der Waals surface area contributed by atoms with Crippen LogP contribution in [0.25, 0.3) is 0 Å². The lowest BCUT2D eigenvalue weighted by molar-refractivity contribution is -0.144. The van der Waals surface area contributed by atoms with Gasteiger partial charge in [0.05, 0.1) is 12.2 Å². The molecule has 7 nitrogen and oxygen atoms in total. The number of amides is 1. The fourth-order valence-electron chi connectivity index (χ4n) is 3.00. The lowest BCUT2D eigenvalue weighted by atomic mass is 10.1. The molecule has 1 saturated heterocycles. The van der Waals surface area contributed by atoms with Crippen molar-refractivity contribution >= 4 is 17.6 Å². The number of carbonyl (C=O) groups excluding carboxylic acids is 1. The number of likely N-dealkylation sites (N-methyl/N-ethyl adjacent to an activating group) is 2. The predicted octanol–water partition coefficient (Wildman–Crippen LogP) is 0.356. The minimum absolute atomic E-state index is 0.149. The molecule has 1 atom stereocenters. The summed E-state index contributed by atoms with van der Waals surface area (Å²) < 4.78 is 5.63. The average Bonchev–Trinajstić information content (AvgIpc) is 2.54. The van der Waals surface area contributed by atoms with Gasteiger partial charge in [-0.05, 0) is 25.2 Å². The molecule has 0 unspecified atom stereocenters. The van der Waals surface area contributed by atoms with Crippen LogP contribution in [-0.2, 0) is 4.79 Å². The fourth-order valence-corrected chi connectivity index (χ4v) is 3.00. The molecule has 1 aromatic rings. The molecule has 0 radical (unpaired) electrons. The van der Waals surface area contributed by atoms with Crippen molar-refractivity contribution in [2.75, 3.05) is 51.8 Å².